The fourth-order valence-corrected chi connectivity index (χ4v) is 8.09. The molecule has 0 radical (unpaired) electrons. The Morgan fingerprint density at radius 2 is 1.80 bits per heavy atom. The van der Waals surface area contributed by atoms with Crippen LogP contribution in [0.5, 0.6) is 0 Å². The second-order valence-corrected chi connectivity index (χ2v) is 13.6. The lowest BCUT2D eigenvalue weighted by Gasteiger charge is -2.47. The van der Waals surface area contributed by atoms with E-state index in [4.69, 9.17) is 0 Å². The molecular weight excluding hydrogens is 514 g/mol. The van der Waals surface area contributed by atoms with E-state index < -0.39 is 18.1 Å². The van der Waals surface area contributed by atoms with Gasteiger partial charge in [-0.2, -0.15) is 0 Å². The van der Waals surface area contributed by atoms with Gasteiger partial charge in [-0.3, -0.25) is 14.4 Å². The van der Waals surface area contributed by atoms with Gasteiger partial charge in [0.2, 0.25) is 0 Å². The second kappa shape index (κ2) is 13.2. The number of hydrogen-bond acceptors (Lipinski definition) is 5. The second-order valence-electron chi connectivity index (χ2n) is 13.6. The molecule has 0 aromatic rings. The van der Waals surface area contributed by atoms with Crippen LogP contribution in [-0.2, 0) is 14.4 Å². The van der Waals surface area contributed by atoms with Gasteiger partial charge in [-0.1, -0.05) is 57.1 Å². The van der Waals surface area contributed by atoms with Crippen molar-refractivity contribution in [3.8, 4) is 0 Å². The van der Waals surface area contributed by atoms with Crippen molar-refractivity contribution in [1.82, 2.24) is 4.90 Å². The molecule has 1 saturated heterocycles. The summed E-state index contributed by atoms with van der Waals surface area (Å²) < 4.78 is 0. The molecule has 9 atom stereocenters. The third-order valence-electron chi connectivity index (χ3n) is 10.6. The van der Waals surface area contributed by atoms with Crippen LogP contribution in [0.1, 0.15) is 92.9 Å². The van der Waals surface area contributed by atoms with Crippen molar-refractivity contribution in [1.29, 1.82) is 0 Å². The summed E-state index contributed by atoms with van der Waals surface area (Å²) in [6.45, 7) is 12.0. The number of aliphatic hydroxyl groups excluding tert-OH is 2. The van der Waals surface area contributed by atoms with E-state index in [1.54, 1.807) is 19.9 Å². The van der Waals surface area contributed by atoms with Crippen LogP contribution < -0.4 is 0 Å². The monoisotopic (exact) mass is 565 g/mol. The Morgan fingerprint density at radius 1 is 1.07 bits per heavy atom. The van der Waals surface area contributed by atoms with Gasteiger partial charge >= 0.3 is 0 Å². The summed E-state index contributed by atoms with van der Waals surface area (Å²) in [4.78, 5) is 42.1. The van der Waals surface area contributed by atoms with Gasteiger partial charge in [-0.05, 0) is 94.5 Å². The molecule has 6 heteroatoms. The minimum absolute atomic E-state index is 0.00277. The summed E-state index contributed by atoms with van der Waals surface area (Å²) in [5, 5.41) is 23.1. The first kappa shape index (κ1) is 31.5. The number of amides is 1. The number of nitrogens with zero attached hydrogens (tertiary/aromatic N) is 1. The number of Topliss-reactive ketones (excluding diaryl/α,β-unsaturated/α-hetero) is 2. The van der Waals surface area contributed by atoms with Crippen molar-refractivity contribution in [2.75, 3.05) is 6.54 Å². The first-order valence-electron chi connectivity index (χ1n) is 15.9. The highest BCUT2D eigenvalue weighted by molar-refractivity contribution is 6.25. The number of aliphatic hydroxyl groups is 2. The number of fused-ring (bicyclic) bond motifs is 5. The summed E-state index contributed by atoms with van der Waals surface area (Å²) in [6, 6.07) is -0.615. The van der Waals surface area contributed by atoms with Crippen LogP contribution in [0.15, 0.2) is 46.8 Å². The van der Waals surface area contributed by atoms with Gasteiger partial charge < -0.3 is 15.1 Å². The molecule has 2 heterocycles. The molecule has 226 valence electrons. The number of ketones is 2. The predicted octanol–water partition coefficient (Wildman–Crippen LogP) is 6.51. The number of carbonyl (C=O) groups excluding carboxylic acids is 3. The fraction of sp³-hybridized carbons (Fsp3) is 0.686. The highest BCUT2D eigenvalue weighted by atomic mass is 16.3. The maximum atomic E-state index is 14.0. The lowest BCUT2D eigenvalue weighted by atomic mass is 9.57. The average molecular weight is 566 g/mol. The van der Waals surface area contributed by atoms with Crippen molar-refractivity contribution >= 4 is 17.5 Å². The van der Waals surface area contributed by atoms with Gasteiger partial charge in [0, 0.05) is 24.3 Å². The van der Waals surface area contributed by atoms with Crippen LogP contribution in [0, 0.1) is 41.4 Å². The zero-order valence-electron chi connectivity index (χ0n) is 25.9. The number of allylic oxidation sites excluding steroid dienone is 7. The van der Waals surface area contributed by atoms with Gasteiger partial charge in [0.15, 0.2) is 11.6 Å². The van der Waals surface area contributed by atoms with Crippen LogP contribution in [0.25, 0.3) is 0 Å². The van der Waals surface area contributed by atoms with Crippen molar-refractivity contribution in [2.45, 2.75) is 105 Å². The lowest BCUT2D eigenvalue weighted by molar-refractivity contribution is -0.129. The molecule has 2 fully saturated rings. The van der Waals surface area contributed by atoms with Crippen LogP contribution >= 0.6 is 0 Å². The standard InChI is InChI=1S/C35H51NO5/c1-7-21(3)28(37)17-26-18-29(38)23(5)12-10-8-9-11-22(4)27-14-13-25-16-20(2)15-24(6)31(25)32(27)34(40)33-30(39)19-36(26)35(33)41/h7,11,13-14,20,23-27,29,31-32,38,40H,8-10,12,15-19H2,1-6H3/b21-7+,22-11+,34-33+/t20-,23-,24+,25-,26-,27+,29-,31+,32+/m0/s1. The van der Waals surface area contributed by atoms with E-state index in [1.165, 1.54) is 10.5 Å². The zero-order valence-corrected chi connectivity index (χ0v) is 25.9. The van der Waals surface area contributed by atoms with Crippen molar-refractivity contribution in [3.05, 3.63) is 46.8 Å². The SMILES string of the molecule is C/C=C(\C)C(=O)C[C@H]1C[C@H](O)[C@@H](C)CCCC/C=C(\C)[C@H]2C=C[C@H]3C[C@@H](C)C[C@@H](C)[C@H]3[C@@H]2/C(O)=C2/C(=O)CN1C2=O. The van der Waals surface area contributed by atoms with Crippen LogP contribution in [0.4, 0.5) is 0 Å². The third kappa shape index (κ3) is 6.63. The molecule has 2 aliphatic carbocycles. The van der Waals surface area contributed by atoms with E-state index in [1.807, 2.05) is 6.92 Å². The van der Waals surface area contributed by atoms with Crippen LogP contribution in [-0.4, -0.2) is 51.3 Å². The summed E-state index contributed by atoms with van der Waals surface area (Å²) >= 11 is 0. The molecule has 4 rings (SSSR count). The summed E-state index contributed by atoms with van der Waals surface area (Å²) in [6.07, 6.45) is 14.0. The van der Waals surface area contributed by atoms with Gasteiger partial charge in [-0.25, -0.2) is 0 Å². The molecule has 6 nitrogen and oxygen atoms in total. The van der Waals surface area contributed by atoms with Gasteiger partial charge in [0.25, 0.3) is 5.91 Å². The minimum atomic E-state index is -0.702. The molecule has 0 aromatic heterocycles. The number of carbonyl (C=O) groups is 3. The maximum Gasteiger partial charge on any atom is 0.261 e. The molecule has 0 spiro atoms. The van der Waals surface area contributed by atoms with Crippen LogP contribution in [0.3, 0.4) is 0 Å². The molecule has 2 N–H and O–H groups in total. The largest absolute Gasteiger partial charge is 0.511 e. The predicted molar refractivity (Wildman–Crippen MR) is 162 cm³/mol. The van der Waals surface area contributed by atoms with Gasteiger partial charge in [0.05, 0.1) is 12.6 Å². The molecule has 0 aromatic carbocycles. The third-order valence-corrected chi connectivity index (χ3v) is 10.6. The first-order valence-corrected chi connectivity index (χ1v) is 15.9. The normalized spacial score (nSPS) is 40.6. The molecule has 2 bridgehead atoms. The average Bonchev–Trinajstić information content (AvgIpc) is 3.23. The first-order chi connectivity index (χ1) is 19.4. The van der Waals surface area contributed by atoms with E-state index in [0.29, 0.717) is 23.3 Å². The fourth-order valence-electron chi connectivity index (χ4n) is 8.09. The Hall–Kier alpha value is -2.47. The number of rotatable bonds is 3. The molecule has 0 unspecified atom stereocenters. The smallest absolute Gasteiger partial charge is 0.261 e. The zero-order chi connectivity index (χ0) is 30.0. The molecule has 41 heavy (non-hydrogen) atoms. The molecule has 2 aliphatic heterocycles. The Bertz CT molecular complexity index is 1150. The van der Waals surface area contributed by atoms with E-state index >= 15 is 0 Å². The van der Waals surface area contributed by atoms with Crippen LogP contribution in [0.2, 0.25) is 0 Å². The molecule has 1 saturated carbocycles. The van der Waals surface area contributed by atoms with E-state index in [0.717, 1.165) is 38.5 Å². The van der Waals surface area contributed by atoms with E-state index in [-0.39, 0.29) is 66.0 Å². The highest BCUT2D eigenvalue weighted by Crippen LogP contribution is 2.52. The summed E-state index contributed by atoms with van der Waals surface area (Å²) in [5.74, 6) is -0.0964. The Labute approximate surface area is 246 Å². The summed E-state index contributed by atoms with van der Waals surface area (Å²) in [7, 11) is 0. The van der Waals surface area contributed by atoms with Gasteiger partial charge in [0.1, 0.15) is 11.3 Å². The van der Waals surface area contributed by atoms with Crippen molar-refractivity contribution < 1.29 is 24.6 Å². The van der Waals surface area contributed by atoms with E-state index in [9.17, 15) is 24.6 Å². The molecule has 1 amide bonds. The van der Waals surface area contributed by atoms with E-state index in [2.05, 4.69) is 39.0 Å². The lowest BCUT2D eigenvalue weighted by Crippen LogP contribution is -2.43. The van der Waals surface area contributed by atoms with Gasteiger partial charge in [-0.15, -0.1) is 0 Å². The Morgan fingerprint density at radius 3 is 2.51 bits per heavy atom. The Kier molecular flexibility index (Phi) is 10.2. The van der Waals surface area contributed by atoms with Crippen molar-refractivity contribution in [3.63, 3.8) is 0 Å². The topological polar surface area (TPSA) is 94.9 Å². The molecular formula is C35H51NO5. The maximum absolute atomic E-state index is 14.0. The summed E-state index contributed by atoms with van der Waals surface area (Å²) in [5.41, 5.74) is 1.66. The highest BCUT2D eigenvalue weighted by Gasteiger charge is 2.49. The Balaban J connectivity index is 1.80. The molecule has 4 aliphatic rings. The number of hydrogen-bond donors (Lipinski definition) is 2. The van der Waals surface area contributed by atoms with Crippen molar-refractivity contribution in [2.24, 2.45) is 41.4 Å². The quantitative estimate of drug-likeness (QED) is 0.231. The minimum Gasteiger partial charge on any atom is -0.511 e.